The van der Waals surface area contributed by atoms with Crippen molar-refractivity contribution >= 4 is 5.91 Å². The van der Waals surface area contributed by atoms with Crippen molar-refractivity contribution in [3.8, 4) is 5.82 Å². The molecule has 1 aliphatic heterocycles. The van der Waals surface area contributed by atoms with E-state index in [1.807, 2.05) is 47.5 Å². The second-order valence-corrected chi connectivity index (χ2v) is 6.51. The van der Waals surface area contributed by atoms with E-state index < -0.39 is 0 Å². The van der Waals surface area contributed by atoms with Crippen molar-refractivity contribution in [2.75, 3.05) is 26.7 Å². The summed E-state index contributed by atoms with van der Waals surface area (Å²) in [5.74, 6) is 0.727. The Hall–Kier alpha value is -2.99. The second kappa shape index (κ2) is 7.09. The molecule has 0 spiro atoms. The van der Waals surface area contributed by atoms with E-state index in [4.69, 9.17) is 0 Å². The molecule has 1 amide bonds. The van der Waals surface area contributed by atoms with Crippen LogP contribution in [0.25, 0.3) is 5.82 Å². The number of pyridine rings is 1. The zero-order valence-corrected chi connectivity index (χ0v) is 14.7. The number of carbonyl (C=O) groups is 1. The number of rotatable bonds is 3. The normalized spacial score (nSPS) is 18.0. The number of hydrogen-bond acceptors (Lipinski definition) is 4. The molecular weight excluding hydrogens is 326 g/mol. The number of hydrogen-bond donors (Lipinski definition) is 0. The smallest absolute Gasteiger partial charge is 0.255 e. The zero-order chi connectivity index (χ0) is 17.9. The fourth-order valence-corrected chi connectivity index (χ4v) is 3.33. The van der Waals surface area contributed by atoms with Gasteiger partial charge in [0.25, 0.3) is 5.91 Å². The molecule has 1 saturated heterocycles. The lowest BCUT2D eigenvalue weighted by Crippen LogP contribution is -2.49. The summed E-state index contributed by atoms with van der Waals surface area (Å²) in [7, 11) is 2.11. The third kappa shape index (κ3) is 3.23. The molecule has 1 fully saturated rings. The summed E-state index contributed by atoms with van der Waals surface area (Å²) in [6.07, 6.45) is 5.17. The van der Waals surface area contributed by atoms with Gasteiger partial charge < -0.3 is 4.90 Å². The van der Waals surface area contributed by atoms with Crippen LogP contribution < -0.4 is 0 Å². The molecule has 132 valence electrons. The van der Waals surface area contributed by atoms with Crippen molar-refractivity contribution < 1.29 is 4.79 Å². The van der Waals surface area contributed by atoms with Crippen LogP contribution in [0.1, 0.15) is 22.0 Å². The van der Waals surface area contributed by atoms with E-state index in [1.54, 1.807) is 17.1 Å². The maximum atomic E-state index is 12.9. The SMILES string of the molecule is CN1CCN(C(=O)c2ccc(-n3cccn3)nc2)CC1c1ccccc1. The minimum Gasteiger partial charge on any atom is -0.335 e. The standard InChI is InChI=1S/C20H21N5O/c1-23-12-13-24(15-18(23)16-6-3-2-4-7-16)20(26)17-8-9-19(21-14-17)25-11-5-10-22-25/h2-11,14,18H,12-13,15H2,1H3. The zero-order valence-electron chi connectivity index (χ0n) is 14.7. The molecule has 4 rings (SSSR count). The van der Waals surface area contributed by atoms with Gasteiger partial charge in [0, 0.05) is 38.2 Å². The molecule has 1 aliphatic rings. The molecule has 0 N–H and O–H groups in total. The molecule has 0 saturated carbocycles. The first-order chi connectivity index (χ1) is 12.7. The highest BCUT2D eigenvalue weighted by Crippen LogP contribution is 2.24. The number of carbonyl (C=O) groups excluding carboxylic acids is 1. The van der Waals surface area contributed by atoms with E-state index in [9.17, 15) is 4.79 Å². The van der Waals surface area contributed by atoms with Gasteiger partial charge in [0.2, 0.25) is 0 Å². The van der Waals surface area contributed by atoms with Crippen LogP contribution in [0.3, 0.4) is 0 Å². The first-order valence-corrected chi connectivity index (χ1v) is 8.73. The van der Waals surface area contributed by atoms with E-state index in [2.05, 4.69) is 34.2 Å². The van der Waals surface area contributed by atoms with Crippen LogP contribution in [0.2, 0.25) is 0 Å². The Labute approximate surface area is 152 Å². The maximum Gasteiger partial charge on any atom is 0.255 e. The van der Waals surface area contributed by atoms with Crippen LogP contribution in [0.15, 0.2) is 67.1 Å². The summed E-state index contributed by atoms with van der Waals surface area (Å²) < 4.78 is 1.68. The van der Waals surface area contributed by atoms with Gasteiger partial charge in [0.05, 0.1) is 11.6 Å². The Kier molecular flexibility index (Phi) is 4.50. The molecule has 3 aromatic rings. The van der Waals surface area contributed by atoms with Crippen LogP contribution in [-0.2, 0) is 0 Å². The fraction of sp³-hybridized carbons (Fsp3) is 0.250. The summed E-state index contributed by atoms with van der Waals surface area (Å²) >= 11 is 0. The summed E-state index contributed by atoms with van der Waals surface area (Å²) in [4.78, 5) is 21.5. The number of likely N-dealkylation sites (N-methyl/N-ethyl adjacent to an activating group) is 1. The second-order valence-electron chi connectivity index (χ2n) is 6.51. The monoisotopic (exact) mass is 347 g/mol. The minimum absolute atomic E-state index is 0.0264. The summed E-state index contributed by atoms with van der Waals surface area (Å²) in [6.45, 7) is 2.25. The quantitative estimate of drug-likeness (QED) is 0.730. The lowest BCUT2D eigenvalue weighted by molar-refractivity contribution is 0.0546. The molecule has 0 bridgehead atoms. The van der Waals surface area contributed by atoms with Crippen LogP contribution in [0.4, 0.5) is 0 Å². The third-order valence-electron chi connectivity index (χ3n) is 4.85. The summed E-state index contributed by atoms with van der Waals surface area (Å²) in [5, 5.41) is 4.16. The van der Waals surface area contributed by atoms with Gasteiger partial charge in [0.15, 0.2) is 5.82 Å². The van der Waals surface area contributed by atoms with Gasteiger partial charge in [-0.05, 0) is 30.8 Å². The minimum atomic E-state index is 0.0264. The largest absolute Gasteiger partial charge is 0.335 e. The summed E-state index contributed by atoms with van der Waals surface area (Å²) in [6, 6.07) is 16.0. The Morgan fingerprint density at radius 3 is 2.62 bits per heavy atom. The first-order valence-electron chi connectivity index (χ1n) is 8.73. The van der Waals surface area contributed by atoms with Gasteiger partial charge in [-0.2, -0.15) is 5.10 Å². The maximum absolute atomic E-state index is 12.9. The fourth-order valence-electron chi connectivity index (χ4n) is 3.33. The van der Waals surface area contributed by atoms with Crippen molar-refractivity contribution in [2.45, 2.75) is 6.04 Å². The van der Waals surface area contributed by atoms with Gasteiger partial charge in [-0.15, -0.1) is 0 Å². The summed E-state index contributed by atoms with van der Waals surface area (Å²) in [5.41, 5.74) is 1.84. The highest BCUT2D eigenvalue weighted by molar-refractivity contribution is 5.94. The van der Waals surface area contributed by atoms with Gasteiger partial charge in [-0.25, -0.2) is 9.67 Å². The number of nitrogens with zero attached hydrogens (tertiary/aromatic N) is 5. The number of benzene rings is 1. The van der Waals surface area contributed by atoms with E-state index in [0.717, 1.165) is 13.1 Å². The third-order valence-corrected chi connectivity index (χ3v) is 4.85. The molecule has 1 unspecified atom stereocenters. The van der Waals surface area contributed by atoms with E-state index in [1.165, 1.54) is 5.56 Å². The van der Waals surface area contributed by atoms with E-state index in [0.29, 0.717) is 17.9 Å². The van der Waals surface area contributed by atoms with Crippen molar-refractivity contribution in [2.24, 2.45) is 0 Å². The van der Waals surface area contributed by atoms with Crippen molar-refractivity contribution in [1.82, 2.24) is 24.6 Å². The number of amides is 1. The number of piperazine rings is 1. The molecule has 1 atom stereocenters. The predicted octanol–water partition coefficient (Wildman–Crippen LogP) is 2.40. The lowest BCUT2D eigenvalue weighted by atomic mass is 10.0. The Morgan fingerprint density at radius 1 is 1.08 bits per heavy atom. The first kappa shape index (κ1) is 16.5. The molecular formula is C20H21N5O. The van der Waals surface area contributed by atoms with Crippen LogP contribution >= 0.6 is 0 Å². The highest BCUT2D eigenvalue weighted by atomic mass is 16.2. The highest BCUT2D eigenvalue weighted by Gasteiger charge is 2.28. The molecule has 26 heavy (non-hydrogen) atoms. The van der Waals surface area contributed by atoms with Crippen molar-refractivity contribution in [3.05, 3.63) is 78.2 Å². The van der Waals surface area contributed by atoms with Gasteiger partial charge in [0.1, 0.15) is 0 Å². The van der Waals surface area contributed by atoms with Gasteiger partial charge in [-0.1, -0.05) is 30.3 Å². The Bertz CT molecular complexity index is 861. The van der Waals surface area contributed by atoms with E-state index in [-0.39, 0.29) is 11.9 Å². The average Bonchev–Trinajstić information content (AvgIpc) is 3.23. The average molecular weight is 347 g/mol. The Balaban J connectivity index is 1.51. The molecule has 1 aromatic carbocycles. The molecule has 6 heteroatoms. The van der Waals surface area contributed by atoms with Crippen LogP contribution in [0.5, 0.6) is 0 Å². The topological polar surface area (TPSA) is 54.3 Å². The molecule has 0 radical (unpaired) electrons. The van der Waals surface area contributed by atoms with Crippen LogP contribution in [0, 0.1) is 0 Å². The molecule has 3 heterocycles. The van der Waals surface area contributed by atoms with Gasteiger partial charge in [-0.3, -0.25) is 9.69 Å². The van der Waals surface area contributed by atoms with Gasteiger partial charge >= 0.3 is 0 Å². The molecule has 6 nitrogen and oxygen atoms in total. The van der Waals surface area contributed by atoms with Crippen molar-refractivity contribution in [3.63, 3.8) is 0 Å². The lowest BCUT2D eigenvalue weighted by Gasteiger charge is -2.39. The predicted molar refractivity (Wildman–Crippen MR) is 99.1 cm³/mol. The van der Waals surface area contributed by atoms with Crippen molar-refractivity contribution in [1.29, 1.82) is 0 Å². The molecule has 2 aromatic heterocycles. The number of aromatic nitrogens is 3. The Morgan fingerprint density at radius 2 is 1.92 bits per heavy atom. The van der Waals surface area contributed by atoms with Crippen LogP contribution in [-0.4, -0.2) is 57.2 Å². The molecule has 0 aliphatic carbocycles. The van der Waals surface area contributed by atoms with E-state index >= 15 is 0 Å².